The number of piperazine rings is 1. The Balaban J connectivity index is 1.42. The fraction of sp³-hybridized carbons (Fsp3) is 0.207. The summed E-state index contributed by atoms with van der Waals surface area (Å²) in [7, 11) is 1.64. The Kier molecular flexibility index (Phi) is 6.64. The maximum atomic E-state index is 13.7. The van der Waals surface area contributed by atoms with E-state index >= 15 is 0 Å². The number of benzene rings is 3. The molecule has 1 aliphatic rings. The minimum absolute atomic E-state index is 0.000299. The number of nitro benzene ring substituents is 1. The summed E-state index contributed by atoms with van der Waals surface area (Å²) in [6.07, 6.45) is 0. The molecular formula is C29H28N4O4. The lowest BCUT2D eigenvalue weighted by molar-refractivity contribution is -0.384. The SMILES string of the molecule is COc1cccc(-n2c(-c3ccccc3)cc(C(=O)N3CCN(c4ccc([N+](=O)[O-])cc4)CC3)c2C)c1. The van der Waals surface area contributed by atoms with E-state index in [9.17, 15) is 14.9 Å². The number of hydrogen-bond donors (Lipinski definition) is 0. The second kappa shape index (κ2) is 10.2. The molecule has 4 aromatic rings. The van der Waals surface area contributed by atoms with E-state index in [-0.39, 0.29) is 11.6 Å². The van der Waals surface area contributed by atoms with Crippen molar-refractivity contribution < 1.29 is 14.5 Å². The Labute approximate surface area is 215 Å². The molecule has 188 valence electrons. The highest BCUT2D eigenvalue weighted by Gasteiger charge is 2.27. The predicted molar refractivity (Wildman–Crippen MR) is 144 cm³/mol. The number of amides is 1. The van der Waals surface area contributed by atoms with Crippen LogP contribution in [0.25, 0.3) is 16.9 Å². The molecule has 1 amide bonds. The number of ether oxygens (including phenoxy) is 1. The van der Waals surface area contributed by atoms with Gasteiger partial charge in [0.2, 0.25) is 0 Å². The first-order valence-corrected chi connectivity index (χ1v) is 12.2. The molecule has 1 fully saturated rings. The van der Waals surface area contributed by atoms with Crippen molar-refractivity contribution in [2.45, 2.75) is 6.92 Å². The second-order valence-corrected chi connectivity index (χ2v) is 8.98. The van der Waals surface area contributed by atoms with Crippen LogP contribution in [0.3, 0.4) is 0 Å². The summed E-state index contributed by atoms with van der Waals surface area (Å²) >= 11 is 0. The van der Waals surface area contributed by atoms with Gasteiger partial charge in [0.05, 0.1) is 23.3 Å². The third-order valence-electron chi connectivity index (χ3n) is 6.85. The summed E-state index contributed by atoms with van der Waals surface area (Å²) in [5, 5.41) is 10.9. The molecule has 0 radical (unpaired) electrons. The van der Waals surface area contributed by atoms with Crippen molar-refractivity contribution >= 4 is 17.3 Å². The molecule has 1 aromatic heterocycles. The summed E-state index contributed by atoms with van der Waals surface area (Å²) in [5.74, 6) is 0.750. The van der Waals surface area contributed by atoms with Crippen molar-refractivity contribution in [2.75, 3.05) is 38.2 Å². The number of rotatable bonds is 6. The van der Waals surface area contributed by atoms with Gasteiger partial charge in [-0.1, -0.05) is 36.4 Å². The van der Waals surface area contributed by atoms with Crippen LogP contribution < -0.4 is 9.64 Å². The molecule has 8 nitrogen and oxygen atoms in total. The quantitative estimate of drug-likeness (QED) is 0.266. The highest BCUT2D eigenvalue weighted by Crippen LogP contribution is 2.32. The predicted octanol–water partition coefficient (Wildman–Crippen LogP) is 5.33. The van der Waals surface area contributed by atoms with Gasteiger partial charge in [0.1, 0.15) is 5.75 Å². The summed E-state index contributed by atoms with van der Waals surface area (Å²) in [6.45, 7) is 4.43. The van der Waals surface area contributed by atoms with Crippen LogP contribution in [0.5, 0.6) is 5.75 Å². The number of carbonyl (C=O) groups excluding carboxylic acids is 1. The van der Waals surface area contributed by atoms with Crippen LogP contribution in [-0.2, 0) is 0 Å². The summed E-state index contributed by atoms with van der Waals surface area (Å²) in [5.41, 5.74) is 5.43. The third kappa shape index (κ3) is 4.78. The molecule has 0 N–H and O–H groups in total. The van der Waals surface area contributed by atoms with Crippen molar-refractivity contribution in [3.8, 4) is 22.7 Å². The summed E-state index contributed by atoms with van der Waals surface area (Å²) in [4.78, 5) is 28.3. The van der Waals surface area contributed by atoms with Crippen molar-refractivity contribution in [2.24, 2.45) is 0 Å². The van der Waals surface area contributed by atoms with Crippen LogP contribution in [0.15, 0.2) is 84.9 Å². The van der Waals surface area contributed by atoms with Gasteiger partial charge in [-0.05, 0) is 42.8 Å². The molecule has 37 heavy (non-hydrogen) atoms. The van der Waals surface area contributed by atoms with Crippen LogP contribution in [-0.4, -0.2) is 53.6 Å². The first-order valence-electron chi connectivity index (χ1n) is 12.2. The fourth-order valence-corrected chi connectivity index (χ4v) is 4.85. The van der Waals surface area contributed by atoms with Gasteiger partial charge in [-0.2, -0.15) is 0 Å². The largest absolute Gasteiger partial charge is 0.497 e. The van der Waals surface area contributed by atoms with Gasteiger partial charge in [-0.3, -0.25) is 14.9 Å². The van der Waals surface area contributed by atoms with Crippen molar-refractivity contribution in [3.05, 3.63) is 106 Å². The van der Waals surface area contributed by atoms with Gasteiger partial charge >= 0.3 is 0 Å². The van der Waals surface area contributed by atoms with E-state index < -0.39 is 4.92 Å². The Hall–Kier alpha value is -4.59. The van der Waals surface area contributed by atoms with E-state index in [0.29, 0.717) is 31.7 Å². The van der Waals surface area contributed by atoms with Crippen molar-refractivity contribution in [3.63, 3.8) is 0 Å². The van der Waals surface area contributed by atoms with Gasteiger partial charge in [0.15, 0.2) is 0 Å². The van der Waals surface area contributed by atoms with Crippen LogP contribution >= 0.6 is 0 Å². The highest BCUT2D eigenvalue weighted by molar-refractivity contribution is 5.97. The van der Waals surface area contributed by atoms with Crippen LogP contribution in [0.1, 0.15) is 16.1 Å². The summed E-state index contributed by atoms with van der Waals surface area (Å²) in [6, 6.07) is 26.4. The third-order valence-corrected chi connectivity index (χ3v) is 6.85. The van der Waals surface area contributed by atoms with E-state index in [2.05, 4.69) is 9.47 Å². The van der Waals surface area contributed by atoms with Gasteiger partial charge < -0.3 is 19.1 Å². The number of hydrogen-bond acceptors (Lipinski definition) is 5. The van der Waals surface area contributed by atoms with Gasteiger partial charge in [0.25, 0.3) is 11.6 Å². The fourth-order valence-electron chi connectivity index (χ4n) is 4.85. The maximum Gasteiger partial charge on any atom is 0.269 e. The molecular weight excluding hydrogens is 468 g/mol. The molecule has 0 spiro atoms. The van der Waals surface area contributed by atoms with Crippen molar-refractivity contribution in [1.29, 1.82) is 0 Å². The van der Waals surface area contributed by atoms with E-state index in [0.717, 1.165) is 34.1 Å². The molecule has 0 unspecified atom stereocenters. The van der Waals surface area contributed by atoms with E-state index in [1.807, 2.05) is 72.5 Å². The Morgan fingerprint density at radius 1 is 0.865 bits per heavy atom. The number of nitrogens with zero attached hydrogens (tertiary/aromatic N) is 4. The zero-order chi connectivity index (χ0) is 25.9. The molecule has 0 aliphatic carbocycles. The van der Waals surface area contributed by atoms with E-state index in [4.69, 9.17) is 4.74 Å². The number of nitro groups is 1. The lowest BCUT2D eigenvalue weighted by Crippen LogP contribution is -2.48. The van der Waals surface area contributed by atoms with Gasteiger partial charge in [-0.25, -0.2) is 0 Å². The average molecular weight is 497 g/mol. The first kappa shape index (κ1) is 24.1. The molecule has 0 bridgehead atoms. The van der Waals surface area contributed by atoms with Gasteiger partial charge in [-0.15, -0.1) is 0 Å². The Bertz CT molecular complexity index is 1420. The highest BCUT2D eigenvalue weighted by atomic mass is 16.6. The van der Waals surface area contributed by atoms with E-state index in [1.165, 1.54) is 12.1 Å². The summed E-state index contributed by atoms with van der Waals surface area (Å²) < 4.78 is 7.56. The standard InChI is InChI=1S/C29H28N4O4/c1-21-27(29(34)31-17-15-30(16-18-31)23-11-13-24(14-12-23)33(35)36)20-28(22-7-4-3-5-8-22)32(21)25-9-6-10-26(19-25)37-2/h3-14,19-20H,15-18H2,1-2H3. The molecule has 3 aromatic carbocycles. The maximum absolute atomic E-state index is 13.7. The Morgan fingerprint density at radius 3 is 2.22 bits per heavy atom. The average Bonchev–Trinajstić information content (AvgIpc) is 3.30. The smallest absolute Gasteiger partial charge is 0.269 e. The normalized spacial score (nSPS) is 13.5. The topological polar surface area (TPSA) is 80.8 Å². The number of aromatic nitrogens is 1. The van der Waals surface area contributed by atoms with Crippen LogP contribution in [0.2, 0.25) is 0 Å². The zero-order valence-electron chi connectivity index (χ0n) is 20.8. The molecule has 2 heterocycles. The zero-order valence-corrected chi connectivity index (χ0v) is 20.8. The minimum Gasteiger partial charge on any atom is -0.497 e. The molecule has 1 aliphatic heterocycles. The monoisotopic (exact) mass is 496 g/mol. The molecule has 5 rings (SSSR count). The lowest BCUT2D eigenvalue weighted by atomic mass is 10.1. The van der Waals surface area contributed by atoms with E-state index in [1.54, 1.807) is 19.2 Å². The van der Waals surface area contributed by atoms with Crippen LogP contribution in [0.4, 0.5) is 11.4 Å². The number of methoxy groups -OCH3 is 1. The second-order valence-electron chi connectivity index (χ2n) is 8.98. The molecule has 1 saturated heterocycles. The first-order chi connectivity index (χ1) is 18.0. The lowest BCUT2D eigenvalue weighted by Gasteiger charge is -2.36. The number of anilines is 1. The Morgan fingerprint density at radius 2 is 1.57 bits per heavy atom. The number of carbonyl (C=O) groups is 1. The molecule has 8 heteroatoms. The molecule has 0 saturated carbocycles. The number of non-ortho nitro benzene ring substituents is 1. The van der Waals surface area contributed by atoms with Crippen molar-refractivity contribution in [1.82, 2.24) is 9.47 Å². The minimum atomic E-state index is -0.399. The van der Waals surface area contributed by atoms with Crippen LogP contribution in [0, 0.1) is 17.0 Å². The van der Waals surface area contributed by atoms with Gasteiger partial charge in [0, 0.05) is 61.4 Å². The molecule has 0 atom stereocenters.